The van der Waals surface area contributed by atoms with Crippen LogP contribution >= 0.6 is 0 Å². The second kappa shape index (κ2) is 43.5. The Bertz CT molecular complexity index is 4530. The SMILES string of the molecule is CCCN(C)Cc1cn(CC2COC2)nc1-c1ccc(F)cc1.CCCN(C)Cc1cn[nH]c1-c1ccc(C(F)(F)F)cc1C(F)(F)F.CCCN(C)Cc1cn[nH]c1-c1ccc(N2CCCCC2)cc1.CCCN(C)Cc1cnn(C2COC2)c1-c1ccc(F)cc1.CCCN(C)Cc1cnn(CC2COC2)c1-c1ccc(F)cc1. The average molecular weight is 1620 g/mol. The normalized spacial score (nSPS) is 14.7. The van der Waals surface area contributed by atoms with Crippen molar-refractivity contribution in [2.75, 3.05) is 126 Å². The molecule has 4 aliphatic heterocycles. The second-order valence-electron chi connectivity index (χ2n) is 31.0. The van der Waals surface area contributed by atoms with Gasteiger partial charge < -0.3 is 43.6 Å². The Hall–Kier alpha value is -9.00. The molecule has 5 aromatic carbocycles. The van der Waals surface area contributed by atoms with Gasteiger partial charge in [-0.3, -0.25) is 24.2 Å². The molecule has 5 aromatic heterocycles. The molecule has 0 amide bonds. The van der Waals surface area contributed by atoms with Crippen LogP contribution in [0.1, 0.15) is 131 Å². The van der Waals surface area contributed by atoms with Gasteiger partial charge in [-0.1, -0.05) is 52.8 Å². The van der Waals surface area contributed by atoms with Crippen LogP contribution in [0.4, 0.5) is 45.2 Å². The largest absolute Gasteiger partial charge is 0.417 e. The van der Waals surface area contributed by atoms with Gasteiger partial charge in [0.2, 0.25) is 0 Å². The van der Waals surface area contributed by atoms with Gasteiger partial charge in [0.1, 0.15) is 17.5 Å². The smallest absolute Gasteiger partial charge is 0.381 e. The van der Waals surface area contributed by atoms with Crippen molar-refractivity contribution in [1.29, 1.82) is 0 Å². The first-order chi connectivity index (χ1) is 55.8. The average Bonchev–Trinajstić information content (AvgIpc) is 1.33. The molecule has 14 rings (SSSR count). The highest BCUT2D eigenvalue weighted by molar-refractivity contribution is 5.70. The van der Waals surface area contributed by atoms with Gasteiger partial charge in [0.25, 0.3) is 0 Å². The predicted molar refractivity (Wildman–Crippen MR) is 439 cm³/mol. The highest BCUT2D eigenvalue weighted by Gasteiger charge is 2.39. The lowest BCUT2D eigenvalue weighted by atomic mass is 9.98. The minimum atomic E-state index is -4.92. The van der Waals surface area contributed by atoms with Crippen LogP contribution in [-0.2, 0) is 72.4 Å². The molecule has 2 N–H and O–H groups in total. The molecule has 116 heavy (non-hydrogen) atoms. The predicted octanol–water partition coefficient (Wildman–Crippen LogP) is 18.3. The molecule has 0 radical (unpaired) electrons. The Kier molecular flexibility index (Phi) is 33.5. The first kappa shape index (κ1) is 89.3. The van der Waals surface area contributed by atoms with Crippen molar-refractivity contribution < 1.29 is 53.7 Å². The molecular weight excluding hydrogens is 1500 g/mol. The van der Waals surface area contributed by atoms with Gasteiger partial charge in [-0.05, 0) is 216 Å². The molecule has 19 nitrogen and oxygen atoms in total. The van der Waals surface area contributed by atoms with Crippen LogP contribution < -0.4 is 4.90 Å². The van der Waals surface area contributed by atoms with Crippen LogP contribution in [0.15, 0.2) is 146 Å². The third-order valence-corrected chi connectivity index (χ3v) is 20.7. The van der Waals surface area contributed by atoms with Gasteiger partial charge in [0.05, 0.1) is 110 Å². The number of aromatic amines is 2. The van der Waals surface area contributed by atoms with E-state index in [0.717, 1.165) is 170 Å². The minimum Gasteiger partial charge on any atom is -0.381 e. The van der Waals surface area contributed by atoms with Gasteiger partial charge in [0.15, 0.2) is 0 Å². The lowest BCUT2D eigenvalue weighted by Crippen LogP contribution is -2.32. The zero-order valence-electron chi connectivity index (χ0n) is 68.8. The number of H-pyrrole nitrogens is 2. The molecule has 0 atom stereocenters. The lowest BCUT2D eigenvalue weighted by Gasteiger charge is -2.28. The molecule has 0 saturated carbocycles. The summed E-state index contributed by atoms with van der Waals surface area (Å²) in [6, 6.07) is 30.8. The van der Waals surface area contributed by atoms with E-state index in [1.165, 1.54) is 115 Å². The molecular formula is C88H115F9N16O3. The molecule has 9 heterocycles. The standard InChI is InChI=1S/C19H28N4.2C18H24FN3O.C17H22FN3O.C16H17F6N3/c1-3-11-22(2)15-17-14-20-21-19(17)16-7-9-18(10-8-16)23-12-5-4-6-13-23;1-3-8-21(2)11-16-9-20-22(10-14-12-23-13-14)18(16)15-4-6-17(19)7-5-15;1-3-8-21(2)10-16-11-22(9-14-12-23-13-14)20-18(16)15-4-6-17(19)7-5-15;1-3-8-20(2)10-14-9-19-21(16-11-22-12-16)17(14)13-4-6-15(18)7-5-13;1-3-6-25(2)9-10-8-23-24-14(10)12-5-4-11(15(17,18)19)7-13(12)16(20,21)22/h7-10,14H,3-6,11-13,15H2,1-2H3,(H,20,21);4-7,9,14H,3,8,10-13H2,1-2H3;4-7,11,14H,3,8-10,12-13H2,1-2H3;4-7,9,16H,3,8,10-12H2,1-2H3;4-5,7-8H,3,6,9H2,1-2H3,(H,23,24). The van der Waals surface area contributed by atoms with E-state index in [-0.39, 0.29) is 40.8 Å². The molecule has 0 bridgehead atoms. The second-order valence-corrected chi connectivity index (χ2v) is 31.0. The fourth-order valence-corrected chi connectivity index (χ4v) is 14.8. The number of nitrogens with one attached hydrogen (secondary N) is 2. The van der Waals surface area contributed by atoms with Crippen molar-refractivity contribution in [3.8, 4) is 56.3 Å². The molecule has 10 aromatic rings. The number of halogens is 9. The number of rotatable bonds is 31. The number of hydrogen-bond acceptors (Lipinski definition) is 14. The van der Waals surface area contributed by atoms with Crippen molar-refractivity contribution in [3.05, 3.63) is 203 Å². The van der Waals surface area contributed by atoms with E-state index in [2.05, 4.69) is 146 Å². The molecule has 0 unspecified atom stereocenters. The summed E-state index contributed by atoms with van der Waals surface area (Å²) >= 11 is 0. The van der Waals surface area contributed by atoms with Gasteiger partial charge in [-0.15, -0.1) is 0 Å². The van der Waals surface area contributed by atoms with Gasteiger partial charge >= 0.3 is 12.4 Å². The number of alkyl halides is 6. The number of benzene rings is 5. The molecule has 4 saturated heterocycles. The van der Waals surface area contributed by atoms with E-state index >= 15 is 0 Å². The molecule has 28 heteroatoms. The molecule has 0 aliphatic carbocycles. The summed E-state index contributed by atoms with van der Waals surface area (Å²) in [7, 11) is 10.3. The van der Waals surface area contributed by atoms with Crippen molar-refractivity contribution in [2.45, 2.75) is 150 Å². The molecule has 628 valence electrons. The van der Waals surface area contributed by atoms with Crippen LogP contribution in [-0.4, -0.2) is 195 Å². The van der Waals surface area contributed by atoms with E-state index in [9.17, 15) is 39.5 Å². The van der Waals surface area contributed by atoms with Crippen LogP contribution in [0.5, 0.6) is 0 Å². The number of ether oxygens (including phenoxy) is 3. The molecule has 0 spiro atoms. The minimum absolute atomic E-state index is 0.0732. The van der Waals surface area contributed by atoms with Gasteiger partial charge in [0, 0.05) is 138 Å². The quantitative estimate of drug-likeness (QED) is 0.0395. The Labute approximate surface area is 677 Å². The number of hydrogen-bond donors (Lipinski definition) is 2. The highest BCUT2D eigenvalue weighted by Crippen LogP contribution is 2.42. The fraction of sp³-hybridized carbons (Fsp3) is 0.489. The van der Waals surface area contributed by atoms with Crippen LogP contribution in [0.3, 0.4) is 0 Å². The summed E-state index contributed by atoms with van der Waals surface area (Å²) in [4.78, 5) is 13.6. The first-order valence-electron chi connectivity index (χ1n) is 40.6. The van der Waals surface area contributed by atoms with E-state index < -0.39 is 23.5 Å². The van der Waals surface area contributed by atoms with Crippen LogP contribution in [0.25, 0.3) is 56.3 Å². The Morgan fingerprint density at radius 1 is 0.440 bits per heavy atom. The van der Waals surface area contributed by atoms with E-state index in [0.29, 0.717) is 43.2 Å². The molecule has 4 fully saturated rings. The maximum Gasteiger partial charge on any atom is 0.417 e. The zero-order chi connectivity index (χ0) is 82.9. The Morgan fingerprint density at radius 3 is 1.34 bits per heavy atom. The number of nitrogens with zero attached hydrogens (tertiary/aromatic N) is 14. The summed E-state index contributed by atoms with van der Waals surface area (Å²) in [6.45, 7) is 28.2. The fourth-order valence-electron chi connectivity index (χ4n) is 14.8. The van der Waals surface area contributed by atoms with Crippen molar-refractivity contribution >= 4 is 5.69 Å². The summed E-state index contributed by atoms with van der Waals surface area (Å²) in [5, 5.41) is 27.6. The zero-order valence-corrected chi connectivity index (χ0v) is 68.8. The summed E-state index contributed by atoms with van der Waals surface area (Å²) in [5.41, 5.74) is 12.2. The van der Waals surface area contributed by atoms with Crippen LogP contribution in [0, 0.1) is 29.3 Å². The Balaban J connectivity index is 0.000000153. The topological polar surface area (TPSA) is 158 Å². The first-order valence-corrected chi connectivity index (χ1v) is 40.6. The number of aromatic nitrogens is 10. The summed E-state index contributed by atoms with van der Waals surface area (Å²) in [6.07, 6.45) is 8.98. The maximum absolute atomic E-state index is 13.3. The third kappa shape index (κ3) is 25.5. The summed E-state index contributed by atoms with van der Waals surface area (Å²) < 4.78 is 140. The van der Waals surface area contributed by atoms with Crippen molar-refractivity contribution in [3.63, 3.8) is 0 Å². The van der Waals surface area contributed by atoms with E-state index in [1.54, 1.807) is 19.2 Å². The van der Waals surface area contributed by atoms with E-state index in [1.807, 2.05) is 64.0 Å². The number of anilines is 1. The Morgan fingerprint density at radius 2 is 0.871 bits per heavy atom. The third-order valence-electron chi connectivity index (χ3n) is 20.7. The van der Waals surface area contributed by atoms with E-state index in [4.69, 9.17) is 19.3 Å². The maximum atomic E-state index is 13.3. The van der Waals surface area contributed by atoms with Gasteiger partial charge in [-0.2, -0.15) is 51.8 Å². The monoisotopic (exact) mass is 1610 g/mol. The van der Waals surface area contributed by atoms with Crippen molar-refractivity contribution in [2.24, 2.45) is 11.8 Å². The van der Waals surface area contributed by atoms with Crippen LogP contribution in [0.2, 0.25) is 0 Å². The lowest BCUT2D eigenvalue weighted by molar-refractivity contribution is -0.142. The van der Waals surface area contributed by atoms with Gasteiger partial charge in [-0.25, -0.2) is 13.2 Å². The number of piperidine rings is 1. The highest BCUT2D eigenvalue weighted by atomic mass is 19.4. The van der Waals surface area contributed by atoms with Crippen molar-refractivity contribution in [1.82, 2.24) is 74.2 Å². The summed E-state index contributed by atoms with van der Waals surface area (Å²) in [5.74, 6) is 0.431. The molecule has 4 aliphatic rings.